The van der Waals surface area contributed by atoms with Gasteiger partial charge in [0.15, 0.2) is 0 Å². The van der Waals surface area contributed by atoms with Crippen LogP contribution in [0.1, 0.15) is 26.7 Å². The van der Waals surface area contributed by atoms with Crippen LogP contribution in [0.4, 0.5) is 0 Å². The molecule has 2 unspecified atom stereocenters. The van der Waals surface area contributed by atoms with Crippen molar-refractivity contribution in [2.45, 2.75) is 32.7 Å². The molecule has 1 aliphatic heterocycles. The highest BCUT2D eigenvalue weighted by molar-refractivity contribution is 8.14. The van der Waals surface area contributed by atoms with Crippen molar-refractivity contribution < 1.29 is 9.59 Å². The van der Waals surface area contributed by atoms with Gasteiger partial charge in [-0.25, -0.2) is 0 Å². The molecule has 0 bridgehead atoms. The summed E-state index contributed by atoms with van der Waals surface area (Å²) in [6.07, 6.45) is 1.64. The first-order chi connectivity index (χ1) is 6.57. The fraction of sp³-hybridized carbons (Fsp3) is 0.800. The Kier molecular flexibility index (Phi) is 3.98. The SMILES string of the molecule is CCC(C)C(=O)N(C)C1CCSC1=O. The van der Waals surface area contributed by atoms with Crippen LogP contribution in [0.2, 0.25) is 0 Å². The fourth-order valence-electron chi connectivity index (χ4n) is 1.51. The van der Waals surface area contributed by atoms with E-state index in [2.05, 4.69) is 0 Å². The first-order valence-electron chi connectivity index (χ1n) is 5.01. The Labute approximate surface area is 89.2 Å². The van der Waals surface area contributed by atoms with Crippen molar-refractivity contribution in [2.75, 3.05) is 12.8 Å². The predicted octanol–water partition coefficient (Wildman–Crippen LogP) is 1.52. The molecule has 1 heterocycles. The highest BCUT2D eigenvalue weighted by Gasteiger charge is 2.32. The molecule has 0 aromatic rings. The van der Waals surface area contributed by atoms with Crippen LogP contribution >= 0.6 is 11.8 Å². The third kappa shape index (κ3) is 2.29. The lowest BCUT2D eigenvalue weighted by atomic mass is 10.1. The van der Waals surface area contributed by atoms with Gasteiger partial charge < -0.3 is 4.90 Å². The second-order valence-corrected chi connectivity index (χ2v) is 4.83. The largest absolute Gasteiger partial charge is 0.335 e. The summed E-state index contributed by atoms with van der Waals surface area (Å²) in [5.41, 5.74) is 0. The van der Waals surface area contributed by atoms with Gasteiger partial charge in [0.25, 0.3) is 0 Å². The summed E-state index contributed by atoms with van der Waals surface area (Å²) in [5, 5.41) is 0.143. The van der Waals surface area contributed by atoms with E-state index in [1.54, 1.807) is 11.9 Å². The molecule has 0 aliphatic carbocycles. The molecule has 0 spiro atoms. The topological polar surface area (TPSA) is 37.4 Å². The standard InChI is InChI=1S/C10H17NO2S/c1-4-7(2)9(12)11(3)8-5-6-14-10(8)13/h7-8H,4-6H2,1-3H3. The maximum Gasteiger partial charge on any atom is 0.225 e. The monoisotopic (exact) mass is 215 g/mol. The van der Waals surface area contributed by atoms with E-state index in [0.717, 1.165) is 18.6 Å². The minimum absolute atomic E-state index is 0.0263. The Morgan fingerprint density at radius 3 is 2.79 bits per heavy atom. The fourth-order valence-corrected chi connectivity index (χ4v) is 2.52. The van der Waals surface area contributed by atoms with E-state index in [4.69, 9.17) is 0 Å². The highest BCUT2D eigenvalue weighted by atomic mass is 32.2. The molecule has 0 aromatic heterocycles. The van der Waals surface area contributed by atoms with Gasteiger partial charge in [-0.3, -0.25) is 9.59 Å². The second-order valence-electron chi connectivity index (χ2n) is 3.73. The zero-order valence-electron chi connectivity index (χ0n) is 8.95. The summed E-state index contributed by atoms with van der Waals surface area (Å²) >= 11 is 1.34. The van der Waals surface area contributed by atoms with E-state index in [1.807, 2.05) is 13.8 Å². The third-order valence-corrected chi connectivity index (χ3v) is 3.75. The maximum atomic E-state index is 11.8. The highest BCUT2D eigenvalue weighted by Crippen LogP contribution is 2.24. The molecule has 0 N–H and O–H groups in total. The number of carbonyl (C=O) groups excluding carboxylic acids is 2. The molecule has 3 nitrogen and oxygen atoms in total. The summed E-state index contributed by atoms with van der Waals surface area (Å²) in [6.45, 7) is 3.90. The van der Waals surface area contributed by atoms with Crippen LogP contribution in [0.25, 0.3) is 0 Å². The minimum atomic E-state index is -0.179. The van der Waals surface area contributed by atoms with Gasteiger partial charge in [-0.05, 0) is 12.8 Å². The Morgan fingerprint density at radius 2 is 2.36 bits per heavy atom. The first kappa shape index (κ1) is 11.6. The van der Waals surface area contributed by atoms with Crippen molar-refractivity contribution in [3.8, 4) is 0 Å². The molecule has 14 heavy (non-hydrogen) atoms. The summed E-state index contributed by atoms with van der Waals surface area (Å²) in [4.78, 5) is 24.8. The predicted molar refractivity (Wildman–Crippen MR) is 58.1 cm³/mol. The average molecular weight is 215 g/mol. The van der Waals surface area contributed by atoms with Gasteiger partial charge in [0.2, 0.25) is 11.0 Å². The minimum Gasteiger partial charge on any atom is -0.335 e. The summed E-state index contributed by atoms with van der Waals surface area (Å²) in [6, 6.07) is -0.179. The normalized spacial score (nSPS) is 23.6. The number of rotatable bonds is 3. The Morgan fingerprint density at radius 1 is 1.71 bits per heavy atom. The molecule has 80 valence electrons. The molecule has 1 fully saturated rings. The molecule has 0 aromatic carbocycles. The number of hydrogen-bond acceptors (Lipinski definition) is 3. The molecule has 1 saturated heterocycles. The molecular weight excluding hydrogens is 198 g/mol. The van der Waals surface area contributed by atoms with Crippen LogP contribution in [-0.4, -0.2) is 34.8 Å². The van der Waals surface area contributed by atoms with E-state index >= 15 is 0 Å². The number of carbonyl (C=O) groups is 2. The molecular formula is C10H17NO2S. The third-order valence-electron chi connectivity index (χ3n) is 2.76. The van der Waals surface area contributed by atoms with E-state index in [0.29, 0.717) is 0 Å². The number of thioether (sulfide) groups is 1. The summed E-state index contributed by atoms with van der Waals surface area (Å²) in [7, 11) is 1.74. The van der Waals surface area contributed by atoms with Gasteiger partial charge in [-0.15, -0.1) is 0 Å². The number of hydrogen-bond donors (Lipinski definition) is 0. The van der Waals surface area contributed by atoms with Gasteiger partial charge >= 0.3 is 0 Å². The molecule has 0 radical (unpaired) electrons. The molecule has 1 aliphatic rings. The summed E-state index contributed by atoms with van der Waals surface area (Å²) < 4.78 is 0. The van der Waals surface area contributed by atoms with E-state index in [1.165, 1.54) is 11.8 Å². The Hall–Kier alpha value is -0.510. The number of amides is 1. The van der Waals surface area contributed by atoms with Crippen molar-refractivity contribution in [2.24, 2.45) is 5.92 Å². The number of nitrogens with zero attached hydrogens (tertiary/aromatic N) is 1. The molecule has 1 rings (SSSR count). The van der Waals surface area contributed by atoms with E-state index in [-0.39, 0.29) is 23.0 Å². The lowest BCUT2D eigenvalue weighted by Gasteiger charge is -2.25. The van der Waals surface area contributed by atoms with Gasteiger partial charge in [0, 0.05) is 18.7 Å². The second kappa shape index (κ2) is 4.82. The smallest absolute Gasteiger partial charge is 0.225 e. The lowest BCUT2D eigenvalue weighted by molar-refractivity contribution is -0.138. The van der Waals surface area contributed by atoms with Crippen LogP contribution in [0.3, 0.4) is 0 Å². The van der Waals surface area contributed by atoms with Gasteiger partial charge in [-0.2, -0.15) is 0 Å². The molecule has 4 heteroatoms. The van der Waals surface area contributed by atoms with E-state index < -0.39 is 0 Å². The quantitative estimate of drug-likeness (QED) is 0.716. The average Bonchev–Trinajstić information content (AvgIpc) is 2.61. The maximum absolute atomic E-state index is 11.8. The lowest BCUT2D eigenvalue weighted by Crippen LogP contribution is -2.41. The van der Waals surface area contributed by atoms with Crippen molar-refractivity contribution >= 4 is 22.8 Å². The van der Waals surface area contributed by atoms with Crippen LogP contribution < -0.4 is 0 Å². The van der Waals surface area contributed by atoms with Gasteiger partial charge in [-0.1, -0.05) is 25.6 Å². The van der Waals surface area contributed by atoms with Gasteiger partial charge in [0.1, 0.15) is 6.04 Å². The Balaban J connectivity index is 2.60. The van der Waals surface area contributed by atoms with Gasteiger partial charge in [0.05, 0.1) is 0 Å². The van der Waals surface area contributed by atoms with Crippen LogP contribution in [0, 0.1) is 5.92 Å². The molecule has 1 amide bonds. The summed E-state index contributed by atoms with van der Waals surface area (Å²) in [5.74, 6) is 0.966. The Bertz CT molecular complexity index is 242. The van der Waals surface area contributed by atoms with Crippen molar-refractivity contribution in [3.63, 3.8) is 0 Å². The molecule has 2 atom stereocenters. The van der Waals surface area contributed by atoms with Crippen molar-refractivity contribution in [1.29, 1.82) is 0 Å². The van der Waals surface area contributed by atoms with Crippen LogP contribution in [0.5, 0.6) is 0 Å². The van der Waals surface area contributed by atoms with Crippen LogP contribution in [0.15, 0.2) is 0 Å². The number of likely N-dealkylation sites (N-methyl/N-ethyl adjacent to an activating group) is 1. The first-order valence-corrected chi connectivity index (χ1v) is 5.99. The van der Waals surface area contributed by atoms with E-state index in [9.17, 15) is 9.59 Å². The zero-order chi connectivity index (χ0) is 10.7. The zero-order valence-corrected chi connectivity index (χ0v) is 9.76. The van der Waals surface area contributed by atoms with Crippen LogP contribution in [-0.2, 0) is 9.59 Å². The van der Waals surface area contributed by atoms with Crippen molar-refractivity contribution in [1.82, 2.24) is 4.90 Å². The van der Waals surface area contributed by atoms with Crippen molar-refractivity contribution in [3.05, 3.63) is 0 Å². The molecule has 0 saturated carbocycles.